The van der Waals surface area contributed by atoms with Crippen LogP contribution in [0.5, 0.6) is 5.75 Å². The van der Waals surface area contributed by atoms with Crippen molar-refractivity contribution in [2.45, 2.75) is 25.0 Å². The first-order valence-electron chi connectivity index (χ1n) is 10.2. The van der Waals surface area contributed by atoms with E-state index in [1.54, 1.807) is 36.7 Å². The van der Waals surface area contributed by atoms with Gasteiger partial charge >= 0.3 is 5.97 Å². The standard InChI is InChI=1S/C22H24N4O4/c1-29-22(28)14-2-4-17(5-3-14)30-19-9-16-13-25(12-15(16)8-18(19)27)21-11-23-10-20-24-6-7-26(20)21/h2-7,10-11,15-16,18-19,27H,8-9,12-13H2,1H3/t15-,16+,18+,19+/m0/s1. The van der Waals surface area contributed by atoms with Crippen molar-refractivity contribution in [3.8, 4) is 5.75 Å². The van der Waals surface area contributed by atoms with Crippen LogP contribution in [0.25, 0.3) is 5.65 Å². The monoisotopic (exact) mass is 408 g/mol. The quantitative estimate of drug-likeness (QED) is 0.662. The molecule has 1 saturated carbocycles. The van der Waals surface area contributed by atoms with Crippen molar-refractivity contribution in [2.24, 2.45) is 11.8 Å². The Labute approximate surface area is 174 Å². The Bertz CT molecular complexity index is 1050. The molecule has 8 nitrogen and oxygen atoms in total. The third-order valence-electron chi connectivity index (χ3n) is 6.27. The SMILES string of the molecule is COC(=O)c1ccc(O[C@@H]2C[C@@H]3CN(c4cncc5nccn45)C[C@@H]3C[C@H]2O)cc1. The molecule has 0 unspecified atom stereocenters. The number of aliphatic hydroxyl groups is 1. The summed E-state index contributed by atoms with van der Waals surface area (Å²) in [6.07, 6.45) is 8.07. The molecule has 3 aromatic rings. The molecule has 1 aromatic carbocycles. The molecule has 8 heteroatoms. The van der Waals surface area contributed by atoms with Crippen molar-refractivity contribution in [1.82, 2.24) is 14.4 Å². The summed E-state index contributed by atoms with van der Waals surface area (Å²) in [6, 6.07) is 6.85. The number of anilines is 1. The minimum atomic E-state index is -0.520. The molecule has 1 aliphatic heterocycles. The van der Waals surface area contributed by atoms with E-state index in [0.717, 1.165) is 31.0 Å². The molecule has 4 atom stereocenters. The average molecular weight is 408 g/mol. The lowest BCUT2D eigenvalue weighted by Gasteiger charge is -2.35. The van der Waals surface area contributed by atoms with E-state index in [1.807, 2.05) is 12.4 Å². The van der Waals surface area contributed by atoms with Gasteiger partial charge < -0.3 is 19.5 Å². The van der Waals surface area contributed by atoms with Gasteiger partial charge in [0, 0.05) is 25.5 Å². The van der Waals surface area contributed by atoms with Crippen molar-refractivity contribution in [1.29, 1.82) is 0 Å². The molecule has 0 bridgehead atoms. The average Bonchev–Trinajstić information content (AvgIpc) is 3.40. The van der Waals surface area contributed by atoms with Crippen molar-refractivity contribution < 1.29 is 19.4 Å². The predicted octanol–water partition coefficient (Wildman–Crippen LogP) is 2.17. The molecule has 2 aliphatic rings. The van der Waals surface area contributed by atoms with Crippen LogP contribution < -0.4 is 9.64 Å². The molecule has 2 fully saturated rings. The lowest BCUT2D eigenvalue weighted by molar-refractivity contribution is -0.0231. The second kappa shape index (κ2) is 7.60. The van der Waals surface area contributed by atoms with Crippen molar-refractivity contribution in [3.63, 3.8) is 0 Å². The number of ether oxygens (including phenoxy) is 2. The summed E-state index contributed by atoms with van der Waals surface area (Å²) in [5.41, 5.74) is 1.31. The minimum Gasteiger partial charge on any atom is -0.488 e. The second-order valence-corrected chi connectivity index (χ2v) is 8.06. The molecular weight excluding hydrogens is 384 g/mol. The van der Waals surface area contributed by atoms with Crippen LogP contribution in [0.4, 0.5) is 5.82 Å². The number of hydrogen-bond acceptors (Lipinski definition) is 7. The Hall–Kier alpha value is -3.13. The fourth-order valence-electron chi connectivity index (χ4n) is 4.74. The number of hydrogen-bond donors (Lipinski definition) is 1. The largest absolute Gasteiger partial charge is 0.488 e. The highest BCUT2D eigenvalue weighted by Gasteiger charge is 2.43. The number of fused-ring (bicyclic) bond motifs is 2. The Morgan fingerprint density at radius 2 is 1.90 bits per heavy atom. The van der Waals surface area contributed by atoms with Crippen molar-refractivity contribution in [2.75, 3.05) is 25.1 Å². The smallest absolute Gasteiger partial charge is 0.337 e. The van der Waals surface area contributed by atoms with E-state index in [1.165, 1.54) is 7.11 Å². The van der Waals surface area contributed by atoms with Gasteiger partial charge in [0.05, 0.1) is 31.2 Å². The van der Waals surface area contributed by atoms with Crippen LogP contribution in [0, 0.1) is 11.8 Å². The first-order valence-corrected chi connectivity index (χ1v) is 10.2. The van der Waals surface area contributed by atoms with Gasteiger partial charge in [-0.05, 0) is 48.9 Å². The maximum Gasteiger partial charge on any atom is 0.337 e. The molecule has 0 spiro atoms. The Morgan fingerprint density at radius 3 is 2.67 bits per heavy atom. The Balaban J connectivity index is 1.28. The van der Waals surface area contributed by atoms with Gasteiger partial charge in [-0.25, -0.2) is 9.78 Å². The fourth-order valence-corrected chi connectivity index (χ4v) is 4.74. The van der Waals surface area contributed by atoms with E-state index in [4.69, 9.17) is 9.47 Å². The Morgan fingerprint density at radius 1 is 1.13 bits per heavy atom. The summed E-state index contributed by atoms with van der Waals surface area (Å²) in [5.74, 6) is 2.15. The van der Waals surface area contributed by atoms with Gasteiger partial charge in [0.15, 0.2) is 5.65 Å². The Kier molecular flexibility index (Phi) is 4.78. The predicted molar refractivity (Wildman–Crippen MR) is 110 cm³/mol. The van der Waals surface area contributed by atoms with Crippen LogP contribution in [-0.2, 0) is 4.74 Å². The molecular formula is C22H24N4O4. The molecule has 1 N–H and O–H groups in total. The van der Waals surface area contributed by atoms with Crippen LogP contribution in [0.3, 0.4) is 0 Å². The number of nitrogens with zero attached hydrogens (tertiary/aromatic N) is 4. The number of aliphatic hydroxyl groups excluding tert-OH is 1. The minimum absolute atomic E-state index is 0.266. The van der Waals surface area contributed by atoms with Crippen LogP contribution in [-0.4, -0.2) is 57.9 Å². The highest BCUT2D eigenvalue weighted by atomic mass is 16.5. The molecule has 30 heavy (non-hydrogen) atoms. The summed E-state index contributed by atoms with van der Waals surface area (Å²) < 4.78 is 12.9. The van der Waals surface area contributed by atoms with Crippen LogP contribution in [0.1, 0.15) is 23.2 Å². The molecule has 0 amide bonds. The van der Waals surface area contributed by atoms with E-state index in [2.05, 4.69) is 19.3 Å². The molecule has 5 rings (SSSR count). The van der Waals surface area contributed by atoms with E-state index in [-0.39, 0.29) is 12.1 Å². The summed E-state index contributed by atoms with van der Waals surface area (Å²) in [6.45, 7) is 1.79. The lowest BCUT2D eigenvalue weighted by atomic mass is 9.78. The maximum atomic E-state index is 11.6. The number of rotatable bonds is 4. The number of imidazole rings is 1. The van der Waals surface area contributed by atoms with Gasteiger partial charge in [0.1, 0.15) is 17.7 Å². The first kappa shape index (κ1) is 18.9. The van der Waals surface area contributed by atoms with Gasteiger partial charge in [-0.1, -0.05) is 0 Å². The molecule has 2 aromatic heterocycles. The van der Waals surface area contributed by atoms with E-state index >= 15 is 0 Å². The van der Waals surface area contributed by atoms with E-state index < -0.39 is 6.10 Å². The van der Waals surface area contributed by atoms with Gasteiger partial charge in [-0.15, -0.1) is 0 Å². The summed E-state index contributed by atoms with van der Waals surface area (Å²) in [4.78, 5) is 22.6. The van der Waals surface area contributed by atoms with Crippen LogP contribution in [0.15, 0.2) is 49.1 Å². The van der Waals surface area contributed by atoms with Crippen LogP contribution in [0.2, 0.25) is 0 Å². The number of carbonyl (C=O) groups excluding carboxylic acids is 1. The topological polar surface area (TPSA) is 89.2 Å². The highest BCUT2D eigenvalue weighted by molar-refractivity contribution is 5.89. The van der Waals surface area contributed by atoms with Gasteiger partial charge in [0.2, 0.25) is 0 Å². The van der Waals surface area contributed by atoms with Crippen molar-refractivity contribution in [3.05, 3.63) is 54.6 Å². The highest BCUT2D eigenvalue weighted by Crippen LogP contribution is 2.39. The number of esters is 1. The van der Waals surface area contributed by atoms with Crippen molar-refractivity contribution >= 4 is 17.4 Å². The molecule has 1 aliphatic carbocycles. The number of carbonyl (C=O) groups is 1. The van der Waals surface area contributed by atoms with E-state index in [9.17, 15) is 9.90 Å². The van der Waals surface area contributed by atoms with Crippen LogP contribution >= 0.6 is 0 Å². The number of benzene rings is 1. The lowest BCUT2D eigenvalue weighted by Crippen LogP contribution is -2.42. The molecule has 1 saturated heterocycles. The maximum absolute atomic E-state index is 11.6. The molecule has 3 heterocycles. The number of methoxy groups -OCH3 is 1. The molecule has 0 radical (unpaired) electrons. The third kappa shape index (κ3) is 3.37. The van der Waals surface area contributed by atoms with Gasteiger partial charge in [-0.3, -0.25) is 9.38 Å². The first-order chi connectivity index (χ1) is 14.6. The summed E-state index contributed by atoms with van der Waals surface area (Å²) >= 11 is 0. The summed E-state index contributed by atoms with van der Waals surface area (Å²) in [5, 5.41) is 10.7. The zero-order valence-corrected chi connectivity index (χ0v) is 16.7. The zero-order valence-electron chi connectivity index (χ0n) is 16.7. The van der Waals surface area contributed by atoms with Gasteiger partial charge in [0.25, 0.3) is 0 Å². The second-order valence-electron chi connectivity index (χ2n) is 8.06. The number of aromatic nitrogens is 3. The van der Waals surface area contributed by atoms with E-state index in [0.29, 0.717) is 29.6 Å². The zero-order chi connectivity index (χ0) is 20.7. The fraction of sp³-hybridized carbons (Fsp3) is 0.409. The van der Waals surface area contributed by atoms with Gasteiger partial charge in [-0.2, -0.15) is 0 Å². The molecule has 156 valence electrons. The third-order valence-corrected chi connectivity index (χ3v) is 6.27. The normalized spacial score (nSPS) is 25.9. The summed E-state index contributed by atoms with van der Waals surface area (Å²) in [7, 11) is 1.36.